The van der Waals surface area contributed by atoms with Gasteiger partial charge in [-0.1, -0.05) is 23.7 Å². The number of nitrogens with one attached hydrogen (secondary N) is 1. The lowest BCUT2D eigenvalue weighted by molar-refractivity contribution is -0.116. The van der Waals surface area contributed by atoms with Crippen LogP contribution < -0.4 is 14.8 Å². The number of rotatable bonds is 9. The minimum absolute atomic E-state index is 0.0134. The van der Waals surface area contributed by atoms with Crippen molar-refractivity contribution in [2.24, 2.45) is 0 Å². The second-order valence-corrected chi connectivity index (χ2v) is 5.99. The number of carbonyl (C=O) groups is 1. The highest BCUT2D eigenvalue weighted by molar-refractivity contribution is 6.30. The first kappa shape index (κ1) is 19.1. The molecular formula is C20H24ClNO3. The predicted molar refractivity (Wildman–Crippen MR) is 102 cm³/mol. The number of halogens is 1. The summed E-state index contributed by atoms with van der Waals surface area (Å²) >= 11 is 5.87. The van der Waals surface area contributed by atoms with Crippen molar-refractivity contribution in [3.05, 3.63) is 53.1 Å². The van der Waals surface area contributed by atoms with Crippen LogP contribution in [0.3, 0.4) is 0 Å². The smallest absolute Gasteiger partial charge is 0.224 e. The van der Waals surface area contributed by atoms with Crippen molar-refractivity contribution >= 4 is 23.2 Å². The van der Waals surface area contributed by atoms with Gasteiger partial charge in [0, 0.05) is 23.2 Å². The van der Waals surface area contributed by atoms with E-state index in [2.05, 4.69) is 5.32 Å². The van der Waals surface area contributed by atoms with Gasteiger partial charge in [0.2, 0.25) is 5.91 Å². The lowest BCUT2D eigenvalue weighted by Gasteiger charge is -2.13. The molecule has 1 amide bonds. The molecule has 0 aliphatic carbocycles. The van der Waals surface area contributed by atoms with E-state index in [-0.39, 0.29) is 5.91 Å². The Balaban J connectivity index is 1.86. The summed E-state index contributed by atoms with van der Waals surface area (Å²) in [5.41, 5.74) is 1.89. The van der Waals surface area contributed by atoms with E-state index >= 15 is 0 Å². The standard InChI is InChI=1S/C20H24ClNO3/c1-3-24-18-13-12-17(14-19(18)25-4-2)22-20(23)7-5-6-15-8-10-16(21)11-9-15/h8-14H,3-7H2,1-2H3,(H,22,23). The van der Waals surface area contributed by atoms with Crippen molar-refractivity contribution < 1.29 is 14.3 Å². The van der Waals surface area contributed by atoms with Gasteiger partial charge in [0.15, 0.2) is 11.5 Å². The molecule has 0 bridgehead atoms. The molecule has 0 spiro atoms. The molecule has 0 radical (unpaired) electrons. The highest BCUT2D eigenvalue weighted by Crippen LogP contribution is 2.30. The molecule has 2 rings (SSSR count). The minimum atomic E-state index is -0.0134. The Hall–Kier alpha value is -2.20. The van der Waals surface area contributed by atoms with Crippen LogP contribution in [-0.2, 0) is 11.2 Å². The summed E-state index contributed by atoms with van der Waals surface area (Å²) in [6.07, 6.45) is 2.08. The van der Waals surface area contributed by atoms with Gasteiger partial charge in [0.25, 0.3) is 0 Å². The molecule has 2 aromatic carbocycles. The molecule has 0 saturated heterocycles. The molecule has 134 valence electrons. The molecule has 0 aliphatic heterocycles. The van der Waals surface area contributed by atoms with Crippen molar-refractivity contribution in [1.82, 2.24) is 0 Å². The molecule has 0 heterocycles. The lowest BCUT2D eigenvalue weighted by atomic mass is 10.1. The van der Waals surface area contributed by atoms with Crippen LogP contribution in [0.2, 0.25) is 5.02 Å². The van der Waals surface area contributed by atoms with Crippen LogP contribution in [0.25, 0.3) is 0 Å². The molecule has 0 unspecified atom stereocenters. The summed E-state index contributed by atoms with van der Waals surface area (Å²) in [6, 6.07) is 13.1. The van der Waals surface area contributed by atoms with E-state index in [1.165, 1.54) is 5.56 Å². The SMILES string of the molecule is CCOc1ccc(NC(=O)CCCc2ccc(Cl)cc2)cc1OCC. The molecule has 0 aromatic heterocycles. The highest BCUT2D eigenvalue weighted by Gasteiger charge is 2.08. The molecule has 5 heteroatoms. The number of ether oxygens (including phenoxy) is 2. The molecule has 0 atom stereocenters. The zero-order valence-electron chi connectivity index (χ0n) is 14.7. The number of hydrogen-bond donors (Lipinski definition) is 1. The van der Waals surface area contributed by atoms with Gasteiger partial charge in [0.05, 0.1) is 13.2 Å². The Morgan fingerprint density at radius 1 is 1.00 bits per heavy atom. The van der Waals surface area contributed by atoms with E-state index in [9.17, 15) is 4.79 Å². The van der Waals surface area contributed by atoms with Gasteiger partial charge in [0.1, 0.15) is 0 Å². The number of carbonyl (C=O) groups excluding carboxylic acids is 1. The lowest BCUT2D eigenvalue weighted by Crippen LogP contribution is -2.11. The van der Waals surface area contributed by atoms with Crippen LogP contribution in [0.5, 0.6) is 11.5 Å². The van der Waals surface area contributed by atoms with Crippen molar-refractivity contribution in [3.8, 4) is 11.5 Å². The van der Waals surface area contributed by atoms with Gasteiger partial charge in [-0.15, -0.1) is 0 Å². The van der Waals surface area contributed by atoms with Crippen molar-refractivity contribution in [2.75, 3.05) is 18.5 Å². The van der Waals surface area contributed by atoms with Gasteiger partial charge in [-0.2, -0.15) is 0 Å². The average molecular weight is 362 g/mol. The first-order valence-corrected chi connectivity index (χ1v) is 8.94. The van der Waals surface area contributed by atoms with Crippen LogP contribution in [-0.4, -0.2) is 19.1 Å². The third-order valence-corrected chi connectivity index (χ3v) is 3.86. The minimum Gasteiger partial charge on any atom is -0.490 e. The van der Waals surface area contributed by atoms with Crippen LogP contribution >= 0.6 is 11.6 Å². The summed E-state index contributed by atoms with van der Waals surface area (Å²) in [5, 5.41) is 3.63. The fourth-order valence-electron chi connectivity index (χ4n) is 2.46. The molecule has 0 saturated carbocycles. The number of anilines is 1. The van der Waals surface area contributed by atoms with E-state index in [0.29, 0.717) is 36.8 Å². The fraction of sp³-hybridized carbons (Fsp3) is 0.350. The zero-order valence-corrected chi connectivity index (χ0v) is 15.4. The summed E-state index contributed by atoms with van der Waals surface area (Å²) in [4.78, 5) is 12.1. The van der Waals surface area contributed by atoms with E-state index in [1.54, 1.807) is 6.07 Å². The average Bonchev–Trinajstić information content (AvgIpc) is 2.59. The van der Waals surface area contributed by atoms with Gasteiger partial charge >= 0.3 is 0 Å². The number of amides is 1. The first-order valence-electron chi connectivity index (χ1n) is 8.56. The van der Waals surface area contributed by atoms with Crippen molar-refractivity contribution in [2.45, 2.75) is 33.1 Å². The summed E-state index contributed by atoms with van der Waals surface area (Å²) < 4.78 is 11.1. The van der Waals surface area contributed by atoms with E-state index in [1.807, 2.05) is 50.2 Å². The van der Waals surface area contributed by atoms with Crippen LogP contribution in [0.15, 0.2) is 42.5 Å². The van der Waals surface area contributed by atoms with Crippen LogP contribution in [0.1, 0.15) is 32.3 Å². The largest absolute Gasteiger partial charge is 0.490 e. The molecule has 1 N–H and O–H groups in total. The Morgan fingerprint density at radius 3 is 2.36 bits per heavy atom. The molecule has 25 heavy (non-hydrogen) atoms. The first-order chi connectivity index (χ1) is 12.1. The van der Waals surface area contributed by atoms with E-state index < -0.39 is 0 Å². The van der Waals surface area contributed by atoms with Gasteiger partial charge < -0.3 is 14.8 Å². The molecule has 0 aliphatic rings. The Labute approximate surface area is 154 Å². The maximum Gasteiger partial charge on any atom is 0.224 e. The Morgan fingerprint density at radius 2 is 1.68 bits per heavy atom. The molecule has 4 nitrogen and oxygen atoms in total. The van der Waals surface area contributed by atoms with E-state index in [4.69, 9.17) is 21.1 Å². The van der Waals surface area contributed by atoms with E-state index in [0.717, 1.165) is 17.9 Å². The number of aryl methyl sites for hydroxylation is 1. The predicted octanol–water partition coefficient (Wildman–Crippen LogP) is 5.10. The Kier molecular flexibility index (Phi) is 7.61. The quantitative estimate of drug-likeness (QED) is 0.676. The molecule has 0 fully saturated rings. The van der Waals surface area contributed by atoms with Gasteiger partial charge in [-0.25, -0.2) is 0 Å². The summed E-state index contributed by atoms with van der Waals surface area (Å²) in [5.74, 6) is 1.31. The van der Waals surface area contributed by atoms with Gasteiger partial charge in [-0.3, -0.25) is 4.79 Å². The number of benzene rings is 2. The molecular weight excluding hydrogens is 338 g/mol. The second-order valence-electron chi connectivity index (χ2n) is 5.56. The zero-order chi connectivity index (χ0) is 18.1. The monoisotopic (exact) mass is 361 g/mol. The fourth-order valence-corrected chi connectivity index (χ4v) is 2.58. The maximum atomic E-state index is 12.1. The highest BCUT2D eigenvalue weighted by atomic mass is 35.5. The summed E-state index contributed by atoms with van der Waals surface area (Å²) in [7, 11) is 0. The third-order valence-electron chi connectivity index (χ3n) is 3.61. The van der Waals surface area contributed by atoms with Crippen LogP contribution in [0, 0.1) is 0 Å². The topological polar surface area (TPSA) is 47.6 Å². The Bertz CT molecular complexity index is 686. The third kappa shape index (κ3) is 6.31. The normalized spacial score (nSPS) is 10.4. The van der Waals surface area contributed by atoms with Crippen molar-refractivity contribution in [1.29, 1.82) is 0 Å². The second kappa shape index (κ2) is 9.94. The number of hydrogen-bond acceptors (Lipinski definition) is 3. The van der Waals surface area contributed by atoms with Crippen LogP contribution in [0.4, 0.5) is 5.69 Å². The maximum absolute atomic E-state index is 12.1. The van der Waals surface area contributed by atoms with Gasteiger partial charge in [-0.05, 0) is 56.5 Å². The summed E-state index contributed by atoms with van der Waals surface area (Å²) in [6.45, 7) is 4.94. The molecule has 2 aromatic rings. The van der Waals surface area contributed by atoms with Crippen molar-refractivity contribution in [3.63, 3.8) is 0 Å².